The predicted octanol–water partition coefficient (Wildman–Crippen LogP) is 3.53. The Bertz CT molecular complexity index is 596. The average molecular weight is 300 g/mol. The minimum Gasteiger partial charge on any atom is -0.497 e. The van der Waals surface area contributed by atoms with Crippen LogP contribution in [0.4, 0.5) is 5.69 Å². The van der Waals surface area contributed by atoms with Crippen LogP contribution in [0.5, 0.6) is 5.75 Å². The highest BCUT2D eigenvalue weighted by Gasteiger charge is 1.99. The van der Waals surface area contributed by atoms with E-state index in [9.17, 15) is 0 Å². The van der Waals surface area contributed by atoms with Gasteiger partial charge in [0.25, 0.3) is 0 Å². The van der Waals surface area contributed by atoms with Gasteiger partial charge in [-0.2, -0.15) is 0 Å². The Morgan fingerprint density at radius 1 is 1.14 bits per heavy atom. The van der Waals surface area contributed by atoms with Crippen LogP contribution in [0.25, 0.3) is 0 Å². The van der Waals surface area contributed by atoms with Gasteiger partial charge < -0.3 is 15.4 Å². The summed E-state index contributed by atoms with van der Waals surface area (Å²) in [6, 6.07) is 16.2. The second-order valence-electron chi connectivity index (χ2n) is 4.85. The molecule has 4 heteroatoms. The molecular weight excluding hydrogens is 280 g/mol. The molecule has 0 aliphatic carbocycles. The van der Waals surface area contributed by atoms with Gasteiger partial charge in [-0.05, 0) is 55.4 Å². The van der Waals surface area contributed by atoms with E-state index in [1.54, 1.807) is 7.11 Å². The molecule has 0 radical (unpaired) electrons. The van der Waals surface area contributed by atoms with Gasteiger partial charge in [-0.3, -0.25) is 0 Å². The van der Waals surface area contributed by atoms with Crippen LogP contribution in [-0.2, 0) is 6.42 Å². The van der Waals surface area contributed by atoms with Gasteiger partial charge in [0.15, 0.2) is 5.11 Å². The lowest BCUT2D eigenvalue weighted by Crippen LogP contribution is -2.30. The maximum atomic E-state index is 5.29. The first-order chi connectivity index (χ1) is 10.2. The second kappa shape index (κ2) is 7.64. The number of rotatable bonds is 5. The Morgan fingerprint density at radius 3 is 2.62 bits per heavy atom. The summed E-state index contributed by atoms with van der Waals surface area (Å²) in [6.07, 6.45) is 0.896. The summed E-state index contributed by atoms with van der Waals surface area (Å²) >= 11 is 5.29. The number of hydrogen-bond donors (Lipinski definition) is 2. The predicted molar refractivity (Wildman–Crippen MR) is 92.1 cm³/mol. The largest absolute Gasteiger partial charge is 0.497 e. The number of hydrogen-bond acceptors (Lipinski definition) is 2. The normalized spacial score (nSPS) is 10.0. The first-order valence-electron chi connectivity index (χ1n) is 6.92. The molecule has 0 bridgehead atoms. The van der Waals surface area contributed by atoms with Crippen molar-refractivity contribution in [2.45, 2.75) is 13.3 Å². The molecule has 0 aliphatic heterocycles. The van der Waals surface area contributed by atoms with Gasteiger partial charge in [-0.25, -0.2) is 0 Å². The summed E-state index contributed by atoms with van der Waals surface area (Å²) in [6.45, 7) is 2.85. The maximum absolute atomic E-state index is 5.29. The number of nitrogens with one attached hydrogen (secondary N) is 2. The number of anilines is 1. The zero-order valence-corrected chi connectivity index (χ0v) is 13.2. The lowest BCUT2D eigenvalue weighted by Gasteiger charge is -2.11. The lowest BCUT2D eigenvalue weighted by molar-refractivity contribution is 0.414. The van der Waals surface area contributed by atoms with E-state index >= 15 is 0 Å². The first kappa shape index (κ1) is 15.3. The summed E-state index contributed by atoms with van der Waals surface area (Å²) in [5, 5.41) is 7.03. The Hall–Kier alpha value is -2.07. The molecule has 2 rings (SSSR count). The van der Waals surface area contributed by atoms with Crippen molar-refractivity contribution < 1.29 is 4.74 Å². The molecule has 0 aromatic heterocycles. The van der Waals surface area contributed by atoms with Crippen molar-refractivity contribution in [2.75, 3.05) is 19.0 Å². The van der Waals surface area contributed by atoms with Gasteiger partial charge in [0.2, 0.25) is 0 Å². The van der Waals surface area contributed by atoms with Crippen molar-refractivity contribution in [3.63, 3.8) is 0 Å². The highest BCUT2D eigenvalue weighted by molar-refractivity contribution is 7.80. The summed E-state index contributed by atoms with van der Waals surface area (Å²) in [4.78, 5) is 0. The quantitative estimate of drug-likeness (QED) is 0.828. The minimum atomic E-state index is 0.641. The van der Waals surface area contributed by atoms with Crippen molar-refractivity contribution in [2.24, 2.45) is 0 Å². The first-order valence-corrected chi connectivity index (χ1v) is 7.32. The van der Waals surface area contributed by atoms with Gasteiger partial charge in [-0.1, -0.05) is 29.8 Å². The summed E-state index contributed by atoms with van der Waals surface area (Å²) in [7, 11) is 1.68. The molecule has 3 nitrogen and oxygen atoms in total. The highest BCUT2D eigenvalue weighted by Crippen LogP contribution is 2.12. The minimum absolute atomic E-state index is 0.641. The van der Waals surface area contributed by atoms with E-state index in [2.05, 4.69) is 35.8 Å². The Kier molecular flexibility index (Phi) is 5.58. The van der Waals surface area contributed by atoms with Crippen LogP contribution in [0.1, 0.15) is 11.1 Å². The fourth-order valence-electron chi connectivity index (χ4n) is 1.96. The highest BCUT2D eigenvalue weighted by atomic mass is 32.1. The second-order valence-corrected chi connectivity index (χ2v) is 5.26. The molecule has 2 N–H and O–H groups in total. The topological polar surface area (TPSA) is 33.3 Å². The van der Waals surface area contributed by atoms with Crippen molar-refractivity contribution in [3.05, 3.63) is 59.7 Å². The number of aryl methyl sites for hydroxylation is 1. The fourth-order valence-corrected chi connectivity index (χ4v) is 2.18. The van der Waals surface area contributed by atoms with Crippen LogP contribution in [0.3, 0.4) is 0 Å². The molecule has 0 fully saturated rings. The monoisotopic (exact) mass is 300 g/mol. The molecule has 2 aromatic rings. The van der Waals surface area contributed by atoms with Crippen LogP contribution >= 0.6 is 12.2 Å². The van der Waals surface area contributed by atoms with E-state index in [4.69, 9.17) is 17.0 Å². The summed E-state index contributed by atoms with van der Waals surface area (Å²) < 4.78 is 5.21. The van der Waals surface area contributed by atoms with Gasteiger partial charge >= 0.3 is 0 Å². The lowest BCUT2D eigenvalue weighted by atomic mass is 10.1. The van der Waals surface area contributed by atoms with Crippen LogP contribution < -0.4 is 15.4 Å². The summed E-state index contributed by atoms with van der Waals surface area (Å²) in [5.74, 6) is 0.882. The molecule has 110 valence electrons. The number of thiocarbonyl (C=S) groups is 1. The number of ether oxygens (including phenoxy) is 1. The molecule has 0 amide bonds. The van der Waals surface area contributed by atoms with Crippen molar-refractivity contribution in [3.8, 4) is 5.75 Å². The van der Waals surface area contributed by atoms with Crippen LogP contribution in [0, 0.1) is 6.92 Å². The molecule has 0 heterocycles. The number of benzene rings is 2. The molecule has 21 heavy (non-hydrogen) atoms. The van der Waals surface area contributed by atoms with E-state index < -0.39 is 0 Å². The third-order valence-corrected chi connectivity index (χ3v) is 3.39. The average Bonchev–Trinajstić information content (AvgIpc) is 2.50. The molecule has 0 spiro atoms. The van der Waals surface area contributed by atoms with Gasteiger partial charge in [0.1, 0.15) is 5.75 Å². The molecule has 0 unspecified atom stereocenters. The van der Waals surface area contributed by atoms with Gasteiger partial charge in [0, 0.05) is 12.2 Å². The maximum Gasteiger partial charge on any atom is 0.170 e. The van der Waals surface area contributed by atoms with E-state index in [1.807, 2.05) is 30.3 Å². The molecule has 0 atom stereocenters. The van der Waals surface area contributed by atoms with Crippen molar-refractivity contribution in [1.29, 1.82) is 0 Å². The Labute approximate surface area is 131 Å². The molecule has 0 saturated carbocycles. The SMILES string of the molecule is COc1cccc(CCNC(=S)Nc2ccc(C)cc2)c1. The summed E-state index contributed by atoms with van der Waals surface area (Å²) in [5.41, 5.74) is 3.46. The standard InChI is InChI=1S/C17H20N2OS/c1-13-6-8-15(9-7-13)19-17(21)18-11-10-14-4-3-5-16(12-14)20-2/h3-9,12H,10-11H2,1-2H3,(H2,18,19,21). The molecule has 0 saturated heterocycles. The van der Waals surface area contributed by atoms with Crippen LogP contribution in [0.2, 0.25) is 0 Å². The number of methoxy groups -OCH3 is 1. The third-order valence-electron chi connectivity index (χ3n) is 3.14. The molecular formula is C17H20N2OS. The third kappa shape index (κ3) is 5.08. The van der Waals surface area contributed by atoms with Crippen molar-refractivity contribution in [1.82, 2.24) is 5.32 Å². The zero-order chi connectivity index (χ0) is 15.1. The van der Waals surface area contributed by atoms with Crippen molar-refractivity contribution >= 4 is 23.0 Å². The van der Waals surface area contributed by atoms with Gasteiger partial charge in [-0.15, -0.1) is 0 Å². The fraction of sp³-hybridized carbons (Fsp3) is 0.235. The smallest absolute Gasteiger partial charge is 0.170 e. The van der Waals surface area contributed by atoms with Gasteiger partial charge in [0.05, 0.1) is 7.11 Å². The zero-order valence-electron chi connectivity index (χ0n) is 12.3. The van der Waals surface area contributed by atoms with Crippen LogP contribution in [-0.4, -0.2) is 18.8 Å². The molecule has 2 aromatic carbocycles. The Morgan fingerprint density at radius 2 is 1.90 bits per heavy atom. The van der Waals surface area contributed by atoms with E-state index in [0.29, 0.717) is 5.11 Å². The Balaban J connectivity index is 1.77. The van der Waals surface area contributed by atoms with E-state index in [0.717, 1.165) is 24.4 Å². The molecule has 0 aliphatic rings. The van der Waals surface area contributed by atoms with E-state index in [-0.39, 0.29) is 0 Å². The van der Waals surface area contributed by atoms with E-state index in [1.165, 1.54) is 11.1 Å². The van der Waals surface area contributed by atoms with Crippen LogP contribution in [0.15, 0.2) is 48.5 Å².